The smallest absolute Gasteiger partial charge is 0.224 e. The quantitative estimate of drug-likeness (QED) is 0.791. The molecule has 0 bridgehead atoms. The lowest BCUT2D eigenvalue weighted by Gasteiger charge is -2.27. The van der Waals surface area contributed by atoms with Crippen molar-refractivity contribution in [2.24, 2.45) is 0 Å². The molecule has 1 heterocycles. The molecule has 2 rings (SSSR count). The molecule has 5 heteroatoms. The van der Waals surface area contributed by atoms with E-state index < -0.39 is 0 Å². The maximum absolute atomic E-state index is 6.23. The summed E-state index contributed by atoms with van der Waals surface area (Å²) in [6, 6.07) is 9.80. The van der Waals surface area contributed by atoms with Gasteiger partial charge in [-0.15, -0.1) is 0 Å². The van der Waals surface area contributed by atoms with Gasteiger partial charge in [-0.05, 0) is 37.1 Å². The molecule has 0 aliphatic rings. The van der Waals surface area contributed by atoms with Gasteiger partial charge in [-0.3, -0.25) is 0 Å². The molecule has 0 spiro atoms. The van der Waals surface area contributed by atoms with E-state index in [0.29, 0.717) is 0 Å². The summed E-state index contributed by atoms with van der Waals surface area (Å²) in [5, 5.41) is 1.01. The maximum Gasteiger partial charge on any atom is 0.224 e. The molecule has 19 heavy (non-hydrogen) atoms. The Labute approximate surface area is 123 Å². The first-order chi connectivity index (χ1) is 8.99. The molecule has 1 aromatic carbocycles. The van der Waals surface area contributed by atoms with Crippen LogP contribution in [0.2, 0.25) is 10.3 Å². The van der Waals surface area contributed by atoms with E-state index in [9.17, 15) is 0 Å². The summed E-state index contributed by atoms with van der Waals surface area (Å²) in [6.45, 7) is 3.97. The van der Waals surface area contributed by atoms with Crippen molar-refractivity contribution in [1.82, 2.24) is 9.97 Å². The first-order valence-electron chi connectivity index (χ1n) is 5.97. The molecule has 0 aliphatic carbocycles. The third-order valence-electron chi connectivity index (χ3n) is 3.11. The second-order valence-corrected chi connectivity index (χ2v) is 5.19. The Morgan fingerprint density at radius 1 is 1.16 bits per heavy atom. The first-order valence-corrected chi connectivity index (χ1v) is 6.73. The number of hydrogen-bond acceptors (Lipinski definition) is 3. The van der Waals surface area contributed by atoms with Gasteiger partial charge in [0.1, 0.15) is 5.82 Å². The van der Waals surface area contributed by atoms with Crippen LogP contribution in [-0.2, 0) is 0 Å². The van der Waals surface area contributed by atoms with Crippen molar-refractivity contribution >= 4 is 29.0 Å². The van der Waals surface area contributed by atoms with Gasteiger partial charge in [0, 0.05) is 23.8 Å². The molecule has 1 unspecified atom stereocenters. The first kappa shape index (κ1) is 14.1. The zero-order valence-electron chi connectivity index (χ0n) is 11.1. The number of aromatic nitrogens is 2. The van der Waals surface area contributed by atoms with Crippen LogP contribution in [0.3, 0.4) is 0 Å². The lowest BCUT2D eigenvalue weighted by Crippen LogP contribution is -2.23. The fourth-order valence-electron chi connectivity index (χ4n) is 1.92. The summed E-state index contributed by atoms with van der Waals surface area (Å²) in [7, 11) is 1.96. The Morgan fingerprint density at radius 3 is 2.47 bits per heavy atom. The lowest BCUT2D eigenvalue weighted by molar-refractivity contribution is 0.726. The van der Waals surface area contributed by atoms with Crippen LogP contribution in [0.1, 0.15) is 24.2 Å². The topological polar surface area (TPSA) is 29.0 Å². The van der Waals surface area contributed by atoms with Crippen LogP contribution >= 0.6 is 23.2 Å². The van der Waals surface area contributed by atoms with E-state index in [-0.39, 0.29) is 11.3 Å². The van der Waals surface area contributed by atoms with Crippen molar-refractivity contribution in [2.45, 2.75) is 19.9 Å². The van der Waals surface area contributed by atoms with Crippen LogP contribution in [0, 0.1) is 6.92 Å². The Kier molecular flexibility index (Phi) is 4.27. The van der Waals surface area contributed by atoms with E-state index >= 15 is 0 Å². The van der Waals surface area contributed by atoms with Crippen LogP contribution in [0.25, 0.3) is 0 Å². The molecule has 0 N–H and O–H groups in total. The molecule has 0 fully saturated rings. The minimum atomic E-state index is 0.0964. The predicted octanol–water partition coefficient (Wildman–Crippen LogP) is 4.29. The number of rotatable bonds is 3. The third kappa shape index (κ3) is 3.17. The summed E-state index contributed by atoms with van der Waals surface area (Å²) in [6.07, 6.45) is 0. The Balaban J connectivity index is 2.33. The highest BCUT2D eigenvalue weighted by Gasteiger charge is 2.16. The minimum absolute atomic E-state index is 0.0964. The lowest BCUT2D eigenvalue weighted by atomic mass is 10.1. The van der Waals surface area contributed by atoms with Gasteiger partial charge in [-0.1, -0.05) is 29.8 Å². The fraction of sp³-hybridized carbons (Fsp3) is 0.286. The third-order valence-corrected chi connectivity index (χ3v) is 3.62. The van der Waals surface area contributed by atoms with Crippen LogP contribution in [0.15, 0.2) is 30.3 Å². The van der Waals surface area contributed by atoms with Gasteiger partial charge in [-0.25, -0.2) is 9.97 Å². The zero-order chi connectivity index (χ0) is 14.0. The van der Waals surface area contributed by atoms with Crippen molar-refractivity contribution in [2.75, 3.05) is 11.9 Å². The molecule has 100 valence electrons. The highest BCUT2D eigenvalue weighted by molar-refractivity contribution is 6.31. The van der Waals surface area contributed by atoms with E-state index in [1.165, 1.54) is 0 Å². The normalized spacial score (nSPS) is 12.3. The van der Waals surface area contributed by atoms with Crippen LogP contribution in [0.4, 0.5) is 5.82 Å². The summed E-state index contributed by atoms with van der Waals surface area (Å²) in [5.74, 6) is 0.782. The number of benzene rings is 1. The summed E-state index contributed by atoms with van der Waals surface area (Å²) >= 11 is 12.1. The van der Waals surface area contributed by atoms with Gasteiger partial charge in [0.2, 0.25) is 5.28 Å². The highest BCUT2D eigenvalue weighted by atomic mass is 35.5. The SMILES string of the molecule is Cc1cc(N(C)C(C)c2ccccc2Cl)nc(Cl)n1. The minimum Gasteiger partial charge on any atom is -0.353 e. The van der Waals surface area contributed by atoms with Gasteiger partial charge in [0.15, 0.2) is 0 Å². The summed E-state index contributed by atoms with van der Waals surface area (Å²) < 4.78 is 0. The molecule has 2 aromatic rings. The molecule has 0 aliphatic heterocycles. The number of anilines is 1. The number of halogens is 2. The van der Waals surface area contributed by atoms with E-state index in [0.717, 1.165) is 22.1 Å². The van der Waals surface area contributed by atoms with Crippen molar-refractivity contribution in [3.8, 4) is 0 Å². The molecular weight excluding hydrogens is 281 g/mol. The van der Waals surface area contributed by atoms with Crippen LogP contribution in [0.5, 0.6) is 0 Å². The zero-order valence-corrected chi connectivity index (χ0v) is 12.6. The second kappa shape index (κ2) is 5.76. The van der Waals surface area contributed by atoms with Crippen molar-refractivity contribution in [3.63, 3.8) is 0 Å². The van der Waals surface area contributed by atoms with E-state index in [4.69, 9.17) is 23.2 Å². The predicted molar refractivity (Wildman–Crippen MR) is 80.0 cm³/mol. The van der Waals surface area contributed by atoms with Gasteiger partial charge in [0.25, 0.3) is 0 Å². The number of nitrogens with zero attached hydrogens (tertiary/aromatic N) is 3. The van der Waals surface area contributed by atoms with Gasteiger partial charge < -0.3 is 4.90 Å². The molecule has 1 atom stereocenters. The molecular formula is C14H15Cl2N3. The Hall–Kier alpha value is -1.32. The average Bonchev–Trinajstić information content (AvgIpc) is 2.36. The molecule has 3 nitrogen and oxygen atoms in total. The molecule has 0 amide bonds. The fourth-order valence-corrected chi connectivity index (χ4v) is 2.43. The van der Waals surface area contributed by atoms with Crippen molar-refractivity contribution < 1.29 is 0 Å². The highest BCUT2D eigenvalue weighted by Crippen LogP contribution is 2.29. The summed E-state index contributed by atoms with van der Waals surface area (Å²) in [4.78, 5) is 10.3. The number of aryl methyl sites for hydroxylation is 1. The van der Waals surface area contributed by atoms with Crippen LogP contribution in [-0.4, -0.2) is 17.0 Å². The van der Waals surface area contributed by atoms with E-state index in [2.05, 4.69) is 16.9 Å². The molecule has 0 radical (unpaired) electrons. The largest absolute Gasteiger partial charge is 0.353 e. The molecule has 0 saturated carbocycles. The summed E-state index contributed by atoms with van der Waals surface area (Å²) in [5.41, 5.74) is 1.90. The average molecular weight is 296 g/mol. The van der Waals surface area contributed by atoms with Crippen molar-refractivity contribution in [3.05, 3.63) is 51.9 Å². The Morgan fingerprint density at radius 2 is 1.84 bits per heavy atom. The van der Waals surface area contributed by atoms with E-state index in [1.807, 2.05) is 49.2 Å². The molecule has 0 saturated heterocycles. The van der Waals surface area contributed by atoms with E-state index in [1.54, 1.807) is 0 Å². The van der Waals surface area contributed by atoms with Gasteiger partial charge >= 0.3 is 0 Å². The maximum atomic E-state index is 6.23. The standard InChI is InChI=1S/C14H15Cl2N3/c1-9-8-13(18-14(16)17-9)19(3)10(2)11-6-4-5-7-12(11)15/h4-8,10H,1-3H3. The van der Waals surface area contributed by atoms with Gasteiger partial charge in [0.05, 0.1) is 6.04 Å². The monoisotopic (exact) mass is 295 g/mol. The van der Waals surface area contributed by atoms with Crippen molar-refractivity contribution in [1.29, 1.82) is 0 Å². The Bertz CT molecular complexity index is 566. The molecule has 1 aromatic heterocycles. The van der Waals surface area contributed by atoms with Crippen LogP contribution < -0.4 is 4.90 Å². The van der Waals surface area contributed by atoms with Gasteiger partial charge in [-0.2, -0.15) is 0 Å². The number of hydrogen-bond donors (Lipinski definition) is 0. The second-order valence-electron chi connectivity index (χ2n) is 4.44.